The van der Waals surface area contributed by atoms with E-state index >= 15 is 0 Å². The first-order valence-corrected chi connectivity index (χ1v) is 15.1. The van der Waals surface area contributed by atoms with Crippen LogP contribution in [0, 0.1) is 0 Å². The number of benzene rings is 1. The van der Waals surface area contributed by atoms with Gasteiger partial charge in [-0.1, -0.05) is 0 Å². The van der Waals surface area contributed by atoms with E-state index in [0.717, 1.165) is 24.7 Å². The monoisotopic (exact) mass is 481 g/mol. The summed E-state index contributed by atoms with van der Waals surface area (Å²) in [4.78, 5) is 0. The SMILES string of the molecule is C[Si](Cl)(Cl)CCCNc1ccc2c(c1)OCCOCCOCCOCCOCCO2. The molecule has 172 valence electrons. The molecule has 0 aliphatic carbocycles. The Morgan fingerprint density at radius 3 is 1.80 bits per heavy atom. The van der Waals surface area contributed by atoms with E-state index in [4.69, 9.17) is 50.6 Å². The highest BCUT2D eigenvalue weighted by atomic mass is 35.7. The predicted molar refractivity (Wildman–Crippen MR) is 122 cm³/mol. The molecule has 0 aromatic heterocycles. The summed E-state index contributed by atoms with van der Waals surface area (Å²) in [5.41, 5.74) is 0.953. The number of halogens is 2. The van der Waals surface area contributed by atoms with E-state index < -0.39 is 6.69 Å². The van der Waals surface area contributed by atoms with Crippen LogP contribution in [0.25, 0.3) is 0 Å². The van der Waals surface area contributed by atoms with E-state index in [9.17, 15) is 0 Å². The number of anilines is 1. The van der Waals surface area contributed by atoms with E-state index in [0.29, 0.717) is 77.6 Å². The van der Waals surface area contributed by atoms with E-state index in [1.165, 1.54) is 0 Å². The fraction of sp³-hybridized carbons (Fsp3) is 0.700. The molecule has 1 aliphatic heterocycles. The van der Waals surface area contributed by atoms with Crippen molar-refractivity contribution < 1.29 is 28.4 Å². The Balaban J connectivity index is 1.88. The molecular weight excluding hydrogens is 449 g/mol. The smallest absolute Gasteiger partial charge is 0.248 e. The van der Waals surface area contributed by atoms with E-state index in [-0.39, 0.29) is 0 Å². The molecule has 1 aromatic carbocycles. The number of ether oxygens (including phenoxy) is 6. The largest absolute Gasteiger partial charge is 0.487 e. The first-order valence-electron chi connectivity index (χ1n) is 10.4. The fourth-order valence-electron chi connectivity index (χ4n) is 2.66. The molecule has 1 heterocycles. The molecule has 0 atom stereocenters. The van der Waals surface area contributed by atoms with Gasteiger partial charge in [0, 0.05) is 18.3 Å². The standard InChI is InChI=1S/C20H33Cl2NO6Si/c1-30(21,22)16-2-5-23-18-3-4-19-20(17-18)29-15-13-27-11-9-25-7-6-24-8-10-26-12-14-28-19/h3-4,17,23H,2,5-16H2,1H3. The van der Waals surface area contributed by atoms with Crippen molar-refractivity contribution in [2.75, 3.05) is 77.9 Å². The van der Waals surface area contributed by atoms with Gasteiger partial charge in [-0.15, -0.1) is 22.2 Å². The van der Waals surface area contributed by atoms with Gasteiger partial charge in [0.15, 0.2) is 11.5 Å². The molecule has 1 aromatic rings. The van der Waals surface area contributed by atoms with Crippen molar-refractivity contribution in [1.82, 2.24) is 0 Å². The third-order valence-corrected chi connectivity index (χ3v) is 6.52. The van der Waals surface area contributed by atoms with Gasteiger partial charge in [0.2, 0.25) is 6.69 Å². The fourth-order valence-corrected chi connectivity index (χ4v) is 4.26. The zero-order valence-corrected chi connectivity index (χ0v) is 20.1. The van der Waals surface area contributed by atoms with Crippen molar-refractivity contribution in [2.24, 2.45) is 0 Å². The zero-order valence-electron chi connectivity index (χ0n) is 17.6. The highest BCUT2D eigenvalue weighted by Crippen LogP contribution is 2.31. The van der Waals surface area contributed by atoms with Gasteiger partial charge in [0.25, 0.3) is 0 Å². The summed E-state index contributed by atoms with van der Waals surface area (Å²) in [7, 11) is 0. The topological polar surface area (TPSA) is 67.4 Å². The summed E-state index contributed by atoms with van der Waals surface area (Å²) in [6.07, 6.45) is 0.918. The maximum absolute atomic E-state index is 6.16. The van der Waals surface area contributed by atoms with Crippen LogP contribution in [0.1, 0.15) is 6.42 Å². The van der Waals surface area contributed by atoms with Crippen molar-refractivity contribution in [2.45, 2.75) is 19.0 Å². The normalized spacial score (nSPS) is 18.2. The van der Waals surface area contributed by atoms with Crippen LogP contribution in [0.4, 0.5) is 5.69 Å². The van der Waals surface area contributed by atoms with Crippen LogP contribution in [0.3, 0.4) is 0 Å². The zero-order chi connectivity index (χ0) is 21.5. The summed E-state index contributed by atoms with van der Waals surface area (Å²) < 4.78 is 33.7. The molecule has 0 fully saturated rings. The number of nitrogens with one attached hydrogen (secondary N) is 1. The molecule has 0 unspecified atom stereocenters. The second kappa shape index (κ2) is 15.1. The minimum atomic E-state index is -2.05. The van der Waals surface area contributed by atoms with Crippen LogP contribution in [0.2, 0.25) is 12.6 Å². The molecule has 30 heavy (non-hydrogen) atoms. The number of hydrogen-bond donors (Lipinski definition) is 1. The maximum atomic E-state index is 6.16. The van der Waals surface area contributed by atoms with Gasteiger partial charge in [-0.25, -0.2) is 0 Å². The predicted octanol–water partition coefficient (Wildman–Crippen LogP) is 3.88. The molecule has 0 spiro atoms. The summed E-state index contributed by atoms with van der Waals surface area (Å²) in [5.74, 6) is 1.34. The van der Waals surface area contributed by atoms with Crippen molar-refractivity contribution in [3.8, 4) is 11.5 Å². The Bertz CT molecular complexity index is 591. The summed E-state index contributed by atoms with van der Waals surface area (Å²) in [6, 6.07) is 6.65. The lowest BCUT2D eigenvalue weighted by molar-refractivity contribution is -0.00841. The molecule has 0 saturated carbocycles. The van der Waals surface area contributed by atoms with Gasteiger partial charge in [-0.3, -0.25) is 0 Å². The Kier molecular flexibility index (Phi) is 12.9. The van der Waals surface area contributed by atoms with Gasteiger partial charge in [-0.05, 0) is 31.1 Å². The lowest BCUT2D eigenvalue weighted by Gasteiger charge is -2.16. The van der Waals surface area contributed by atoms with E-state index in [1.807, 2.05) is 24.7 Å². The third kappa shape index (κ3) is 12.2. The molecule has 10 heteroatoms. The second-order valence-electron chi connectivity index (χ2n) is 6.91. The minimum absolute atomic E-state index is 0.419. The average Bonchev–Trinajstić information content (AvgIpc) is 2.70. The number of fused-ring (bicyclic) bond motifs is 1. The summed E-state index contributed by atoms with van der Waals surface area (Å²) >= 11 is 12.3. The first kappa shape index (κ1) is 25.5. The molecule has 2 rings (SSSR count). The van der Waals surface area contributed by atoms with Gasteiger partial charge in [-0.2, -0.15) is 0 Å². The Hall–Kier alpha value is -0.743. The van der Waals surface area contributed by atoms with Crippen LogP contribution in [0.15, 0.2) is 18.2 Å². The van der Waals surface area contributed by atoms with Crippen LogP contribution < -0.4 is 14.8 Å². The lowest BCUT2D eigenvalue weighted by Crippen LogP contribution is -2.16. The minimum Gasteiger partial charge on any atom is -0.487 e. The van der Waals surface area contributed by atoms with Gasteiger partial charge in [0.1, 0.15) is 13.2 Å². The molecule has 0 saturated heterocycles. The van der Waals surface area contributed by atoms with Crippen molar-refractivity contribution in [1.29, 1.82) is 0 Å². The van der Waals surface area contributed by atoms with Crippen LogP contribution in [0.5, 0.6) is 11.5 Å². The average molecular weight is 482 g/mol. The molecule has 7 nitrogen and oxygen atoms in total. The van der Waals surface area contributed by atoms with E-state index in [1.54, 1.807) is 0 Å². The quantitative estimate of drug-likeness (QED) is 0.388. The third-order valence-electron chi connectivity index (χ3n) is 4.15. The number of hydrogen-bond acceptors (Lipinski definition) is 7. The molecule has 0 amide bonds. The Morgan fingerprint density at radius 2 is 1.27 bits per heavy atom. The molecule has 0 bridgehead atoms. The highest BCUT2D eigenvalue weighted by molar-refractivity contribution is 7.44. The van der Waals surface area contributed by atoms with Crippen LogP contribution in [-0.2, 0) is 18.9 Å². The summed E-state index contributed by atoms with van der Waals surface area (Å²) in [6.45, 7) is 5.65. The molecule has 0 radical (unpaired) electrons. The van der Waals surface area contributed by atoms with Gasteiger partial charge >= 0.3 is 0 Å². The van der Waals surface area contributed by atoms with Crippen LogP contribution in [-0.4, -0.2) is 79.3 Å². The van der Waals surface area contributed by atoms with Crippen molar-refractivity contribution >= 4 is 34.5 Å². The maximum Gasteiger partial charge on any atom is 0.248 e. The highest BCUT2D eigenvalue weighted by Gasteiger charge is 2.19. The van der Waals surface area contributed by atoms with Gasteiger partial charge < -0.3 is 33.7 Å². The lowest BCUT2D eigenvalue weighted by atomic mass is 10.2. The molecule has 1 aliphatic rings. The van der Waals surface area contributed by atoms with E-state index in [2.05, 4.69) is 5.32 Å². The molecule has 1 N–H and O–H groups in total. The Labute approximate surface area is 189 Å². The summed E-state index contributed by atoms with van der Waals surface area (Å²) in [5, 5.41) is 3.38. The number of rotatable bonds is 5. The first-order chi connectivity index (χ1) is 14.5. The Morgan fingerprint density at radius 1 is 0.767 bits per heavy atom. The van der Waals surface area contributed by atoms with Crippen molar-refractivity contribution in [3.63, 3.8) is 0 Å². The molecular formula is C20H33Cl2NO6Si. The van der Waals surface area contributed by atoms with Gasteiger partial charge in [0.05, 0.1) is 52.9 Å². The second-order valence-corrected chi connectivity index (χ2v) is 15.1. The van der Waals surface area contributed by atoms with Crippen molar-refractivity contribution in [3.05, 3.63) is 18.2 Å². The van der Waals surface area contributed by atoms with Crippen LogP contribution >= 0.6 is 22.2 Å².